The zero-order valence-corrected chi connectivity index (χ0v) is 14.9. The SMILES string of the molecule is O=C(c1ccnc(-n2cccn2)c1)N1CCC2(CCc3ccccc3O2)C1. The number of pyridine rings is 1. The number of hydrogen-bond donors (Lipinski definition) is 0. The number of likely N-dealkylation sites (tertiary alicyclic amines) is 1. The Balaban J connectivity index is 1.35. The van der Waals surface area contributed by atoms with Crippen LogP contribution in [0.3, 0.4) is 0 Å². The second-order valence-electron chi connectivity index (χ2n) is 7.22. The van der Waals surface area contributed by atoms with E-state index < -0.39 is 0 Å². The number of carbonyl (C=O) groups is 1. The molecule has 2 aromatic heterocycles. The lowest BCUT2D eigenvalue weighted by Crippen LogP contribution is -2.43. The van der Waals surface area contributed by atoms with Crippen LogP contribution in [0.2, 0.25) is 0 Å². The number of rotatable bonds is 2. The lowest BCUT2D eigenvalue weighted by Gasteiger charge is -2.35. The molecule has 2 aliphatic rings. The van der Waals surface area contributed by atoms with Crippen LogP contribution >= 0.6 is 0 Å². The number of amides is 1. The zero-order chi connectivity index (χ0) is 18.3. The van der Waals surface area contributed by atoms with Crippen molar-refractivity contribution in [1.82, 2.24) is 19.7 Å². The molecule has 1 atom stereocenters. The van der Waals surface area contributed by atoms with Crippen LogP contribution in [0, 0.1) is 0 Å². The topological polar surface area (TPSA) is 60.2 Å². The quantitative estimate of drug-likeness (QED) is 0.705. The first-order chi connectivity index (χ1) is 13.2. The van der Waals surface area contributed by atoms with Crippen LogP contribution < -0.4 is 4.74 Å². The summed E-state index contributed by atoms with van der Waals surface area (Å²) in [5, 5.41) is 4.18. The third-order valence-electron chi connectivity index (χ3n) is 5.48. The minimum atomic E-state index is -0.262. The van der Waals surface area contributed by atoms with E-state index in [1.165, 1.54) is 5.56 Å². The monoisotopic (exact) mass is 360 g/mol. The zero-order valence-electron chi connectivity index (χ0n) is 14.9. The van der Waals surface area contributed by atoms with Gasteiger partial charge in [-0.25, -0.2) is 9.67 Å². The van der Waals surface area contributed by atoms with Crippen molar-refractivity contribution < 1.29 is 9.53 Å². The molecule has 4 heterocycles. The summed E-state index contributed by atoms with van der Waals surface area (Å²) in [6.45, 7) is 1.33. The van der Waals surface area contributed by atoms with Gasteiger partial charge in [0.1, 0.15) is 11.4 Å². The van der Waals surface area contributed by atoms with Gasteiger partial charge in [-0.3, -0.25) is 4.79 Å². The number of aromatic nitrogens is 3. The van der Waals surface area contributed by atoms with Gasteiger partial charge in [0.2, 0.25) is 0 Å². The summed E-state index contributed by atoms with van der Waals surface area (Å²) >= 11 is 0. The van der Waals surface area contributed by atoms with Crippen LogP contribution in [0.1, 0.15) is 28.8 Å². The first-order valence-electron chi connectivity index (χ1n) is 9.25. The Morgan fingerprint density at radius 3 is 2.93 bits per heavy atom. The largest absolute Gasteiger partial charge is 0.485 e. The molecular formula is C21H20N4O2. The van der Waals surface area contributed by atoms with Crippen LogP contribution in [0.4, 0.5) is 0 Å². The van der Waals surface area contributed by atoms with E-state index in [0.717, 1.165) is 25.0 Å². The molecule has 0 aliphatic carbocycles. The Morgan fingerprint density at radius 1 is 1.11 bits per heavy atom. The Kier molecular flexibility index (Phi) is 3.70. The van der Waals surface area contributed by atoms with E-state index in [0.29, 0.717) is 24.5 Å². The molecule has 0 N–H and O–H groups in total. The van der Waals surface area contributed by atoms with Gasteiger partial charge in [0.25, 0.3) is 5.91 Å². The number of para-hydroxylation sites is 1. The molecule has 0 bridgehead atoms. The van der Waals surface area contributed by atoms with Crippen molar-refractivity contribution >= 4 is 5.91 Å². The molecule has 1 spiro atoms. The lowest BCUT2D eigenvalue weighted by molar-refractivity contribution is 0.0485. The number of nitrogens with zero attached hydrogens (tertiary/aromatic N) is 4. The average molecular weight is 360 g/mol. The summed E-state index contributed by atoms with van der Waals surface area (Å²) in [5.74, 6) is 1.62. The Morgan fingerprint density at radius 2 is 2.04 bits per heavy atom. The average Bonchev–Trinajstić information content (AvgIpc) is 3.38. The predicted molar refractivity (Wildman–Crippen MR) is 100 cm³/mol. The number of aryl methyl sites for hydroxylation is 1. The van der Waals surface area contributed by atoms with Crippen LogP contribution in [0.25, 0.3) is 5.82 Å². The highest BCUT2D eigenvalue weighted by Gasteiger charge is 2.44. The van der Waals surface area contributed by atoms with Gasteiger partial charge in [0, 0.05) is 37.1 Å². The summed E-state index contributed by atoms with van der Waals surface area (Å²) in [6.07, 6.45) is 7.97. The molecule has 3 aromatic rings. The van der Waals surface area contributed by atoms with Gasteiger partial charge in [0.05, 0.1) is 6.54 Å². The molecule has 1 aromatic carbocycles. The summed E-state index contributed by atoms with van der Waals surface area (Å²) in [4.78, 5) is 19.3. The molecule has 1 fully saturated rings. The second-order valence-corrected chi connectivity index (χ2v) is 7.22. The van der Waals surface area contributed by atoms with Crippen molar-refractivity contribution in [3.05, 3.63) is 72.2 Å². The normalized spacial score (nSPS) is 21.1. The van der Waals surface area contributed by atoms with E-state index in [1.807, 2.05) is 35.4 Å². The van der Waals surface area contributed by atoms with E-state index in [1.54, 1.807) is 29.2 Å². The van der Waals surface area contributed by atoms with E-state index in [4.69, 9.17) is 4.74 Å². The number of benzene rings is 1. The molecule has 1 amide bonds. The highest BCUT2D eigenvalue weighted by atomic mass is 16.5. The van der Waals surface area contributed by atoms with E-state index in [2.05, 4.69) is 16.1 Å². The molecule has 27 heavy (non-hydrogen) atoms. The molecule has 6 nitrogen and oxygen atoms in total. The Labute approximate surface area is 157 Å². The van der Waals surface area contributed by atoms with Crippen LogP contribution in [0.15, 0.2) is 61.1 Å². The van der Waals surface area contributed by atoms with Crippen molar-refractivity contribution in [1.29, 1.82) is 0 Å². The van der Waals surface area contributed by atoms with Crippen molar-refractivity contribution in [3.63, 3.8) is 0 Å². The highest BCUT2D eigenvalue weighted by molar-refractivity contribution is 5.94. The summed E-state index contributed by atoms with van der Waals surface area (Å²) in [5.41, 5.74) is 1.62. The smallest absolute Gasteiger partial charge is 0.254 e. The van der Waals surface area contributed by atoms with Gasteiger partial charge < -0.3 is 9.64 Å². The summed E-state index contributed by atoms with van der Waals surface area (Å²) < 4.78 is 8.02. The Bertz CT molecular complexity index is 985. The van der Waals surface area contributed by atoms with Crippen LogP contribution in [-0.2, 0) is 6.42 Å². The molecule has 5 rings (SSSR count). The van der Waals surface area contributed by atoms with Crippen LogP contribution in [0.5, 0.6) is 5.75 Å². The summed E-state index contributed by atoms with van der Waals surface area (Å²) in [6, 6.07) is 13.6. The highest BCUT2D eigenvalue weighted by Crippen LogP contribution is 2.38. The van der Waals surface area contributed by atoms with E-state index in [-0.39, 0.29) is 11.5 Å². The maximum atomic E-state index is 13.1. The lowest BCUT2D eigenvalue weighted by atomic mass is 9.90. The predicted octanol–water partition coefficient (Wildman–Crippen LogP) is 2.88. The number of hydrogen-bond acceptors (Lipinski definition) is 4. The van der Waals surface area contributed by atoms with Gasteiger partial charge in [-0.05, 0) is 42.7 Å². The van der Waals surface area contributed by atoms with E-state index >= 15 is 0 Å². The fourth-order valence-corrected chi connectivity index (χ4v) is 4.03. The second kappa shape index (κ2) is 6.23. The molecule has 1 saturated heterocycles. The molecular weight excluding hydrogens is 340 g/mol. The first kappa shape index (κ1) is 16.1. The third-order valence-corrected chi connectivity index (χ3v) is 5.48. The molecule has 1 unspecified atom stereocenters. The minimum Gasteiger partial charge on any atom is -0.485 e. The van der Waals surface area contributed by atoms with Crippen molar-refractivity contribution in [2.24, 2.45) is 0 Å². The number of ether oxygens (including phenoxy) is 1. The maximum Gasteiger partial charge on any atom is 0.254 e. The third kappa shape index (κ3) is 2.87. The van der Waals surface area contributed by atoms with Gasteiger partial charge in [-0.1, -0.05) is 18.2 Å². The van der Waals surface area contributed by atoms with Gasteiger partial charge in [0.15, 0.2) is 5.82 Å². The molecule has 0 saturated carbocycles. The van der Waals surface area contributed by atoms with E-state index in [9.17, 15) is 4.79 Å². The summed E-state index contributed by atoms with van der Waals surface area (Å²) in [7, 11) is 0. The molecule has 6 heteroatoms. The van der Waals surface area contributed by atoms with Crippen molar-refractivity contribution in [2.45, 2.75) is 24.9 Å². The minimum absolute atomic E-state index is 0.0186. The number of fused-ring (bicyclic) bond motifs is 1. The fraction of sp³-hybridized carbons (Fsp3) is 0.286. The standard InChI is InChI=1S/C21H20N4O2/c26-20(17-7-11-22-19(14-17)25-12-3-10-23-25)24-13-9-21(15-24)8-6-16-4-1-2-5-18(16)27-21/h1-5,7,10-12,14H,6,8-9,13,15H2. The molecule has 136 valence electrons. The fourth-order valence-electron chi connectivity index (χ4n) is 4.03. The molecule has 0 radical (unpaired) electrons. The van der Waals surface area contributed by atoms with Crippen LogP contribution in [-0.4, -0.2) is 44.3 Å². The Hall–Kier alpha value is -3.15. The van der Waals surface area contributed by atoms with Crippen molar-refractivity contribution in [2.75, 3.05) is 13.1 Å². The van der Waals surface area contributed by atoms with Crippen molar-refractivity contribution in [3.8, 4) is 11.6 Å². The van der Waals surface area contributed by atoms with Gasteiger partial charge in [-0.15, -0.1) is 0 Å². The number of carbonyl (C=O) groups excluding carboxylic acids is 1. The molecule has 2 aliphatic heterocycles. The van der Waals surface area contributed by atoms with Gasteiger partial charge >= 0.3 is 0 Å². The first-order valence-corrected chi connectivity index (χ1v) is 9.25. The van der Waals surface area contributed by atoms with Gasteiger partial charge in [-0.2, -0.15) is 5.10 Å². The maximum absolute atomic E-state index is 13.1.